The Morgan fingerprint density at radius 1 is 1.10 bits per heavy atom. The van der Waals surface area contributed by atoms with Crippen LogP contribution < -0.4 is 9.47 Å². The van der Waals surface area contributed by atoms with E-state index in [1.807, 2.05) is 6.92 Å². The van der Waals surface area contributed by atoms with Gasteiger partial charge in [0.2, 0.25) is 0 Å². The zero-order valence-electron chi connectivity index (χ0n) is 16.6. The third-order valence-corrected chi connectivity index (χ3v) is 4.68. The molecule has 0 radical (unpaired) electrons. The second-order valence-corrected chi connectivity index (χ2v) is 6.53. The van der Waals surface area contributed by atoms with Gasteiger partial charge in [-0.15, -0.1) is 0 Å². The van der Waals surface area contributed by atoms with Crippen LogP contribution in [-0.4, -0.2) is 49.6 Å². The van der Waals surface area contributed by atoms with Crippen LogP contribution in [0.3, 0.4) is 0 Å². The fourth-order valence-electron chi connectivity index (χ4n) is 3.13. The number of aryl methyl sites for hydroxylation is 1. The summed E-state index contributed by atoms with van der Waals surface area (Å²) in [5.41, 5.74) is 1.82. The van der Waals surface area contributed by atoms with E-state index in [4.69, 9.17) is 18.9 Å². The number of H-pyrrole nitrogens is 1. The molecular formula is C21H23NO7. The van der Waals surface area contributed by atoms with Gasteiger partial charge in [-0.3, -0.25) is 4.79 Å². The van der Waals surface area contributed by atoms with Crippen molar-refractivity contribution in [1.29, 1.82) is 0 Å². The van der Waals surface area contributed by atoms with Crippen LogP contribution in [-0.2, 0) is 15.9 Å². The maximum absolute atomic E-state index is 12.5. The summed E-state index contributed by atoms with van der Waals surface area (Å²) in [4.78, 5) is 39.8. The van der Waals surface area contributed by atoms with Crippen LogP contribution in [0.5, 0.6) is 11.5 Å². The number of methoxy groups -OCH3 is 1. The first-order chi connectivity index (χ1) is 14.0. The first-order valence-corrected chi connectivity index (χ1v) is 9.36. The number of carbonyl (C=O) groups is 3. The molecule has 8 nitrogen and oxygen atoms in total. The van der Waals surface area contributed by atoms with E-state index in [1.165, 1.54) is 7.11 Å². The predicted molar refractivity (Wildman–Crippen MR) is 103 cm³/mol. The Morgan fingerprint density at radius 3 is 2.52 bits per heavy atom. The normalized spacial score (nSPS) is 12.8. The van der Waals surface area contributed by atoms with Gasteiger partial charge >= 0.3 is 11.9 Å². The number of Topliss-reactive ketones (excluding diaryl/α,β-unsaturated/α-hetero) is 1. The summed E-state index contributed by atoms with van der Waals surface area (Å²) in [7, 11) is 1.28. The Balaban J connectivity index is 1.71. The minimum Gasteiger partial charge on any atom is -0.490 e. The lowest BCUT2D eigenvalue weighted by Crippen LogP contribution is -2.15. The van der Waals surface area contributed by atoms with Gasteiger partial charge in [0.25, 0.3) is 0 Å². The van der Waals surface area contributed by atoms with Gasteiger partial charge in [0.05, 0.1) is 25.9 Å². The minimum atomic E-state index is -0.713. The maximum Gasteiger partial charge on any atom is 0.355 e. The molecule has 1 N–H and O–H groups in total. The molecule has 1 aliphatic rings. The largest absolute Gasteiger partial charge is 0.490 e. The molecule has 0 atom stereocenters. The molecule has 1 aromatic heterocycles. The first-order valence-electron chi connectivity index (χ1n) is 9.36. The number of rotatable bonds is 6. The predicted octanol–water partition coefficient (Wildman–Crippen LogP) is 2.87. The van der Waals surface area contributed by atoms with Crippen molar-refractivity contribution >= 4 is 17.7 Å². The topological polar surface area (TPSA) is 104 Å². The first kappa shape index (κ1) is 20.4. The highest BCUT2D eigenvalue weighted by Crippen LogP contribution is 2.30. The standard InChI is InChI=1S/C21H23NO7/c1-4-14-18(20(24)26-3)12(2)19(22-14)21(25)29-11-15(23)13-6-7-16-17(10-13)28-9-5-8-27-16/h6-7,10,22H,4-5,8-9,11H2,1-3H3. The van der Waals surface area contributed by atoms with Gasteiger partial charge in [-0.2, -0.15) is 0 Å². The van der Waals surface area contributed by atoms with Crippen molar-refractivity contribution in [3.63, 3.8) is 0 Å². The number of hydrogen-bond acceptors (Lipinski definition) is 7. The highest BCUT2D eigenvalue weighted by Gasteiger charge is 2.25. The zero-order valence-corrected chi connectivity index (χ0v) is 16.6. The van der Waals surface area contributed by atoms with Crippen molar-refractivity contribution in [2.45, 2.75) is 26.7 Å². The van der Waals surface area contributed by atoms with Crippen LogP contribution >= 0.6 is 0 Å². The molecule has 0 amide bonds. The lowest BCUT2D eigenvalue weighted by molar-refractivity contribution is 0.0468. The number of fused-ring (bicyclic) bond motifs is 1. The van der Waals surface area contributed by atoms with Crippen LogP contribution in [0.25, 0.3) is 0 Å². The van der Waals surface area contributed by atoms with Crippen LogP contribution in [0.4, 0.5) is 0 Å². The number of aromatic nitrogens is 1. The molecule has 1 aliphatic heterocycles. The smallest absolute Gasteiger partial charge is 0.355 e. The average Bonchev–Trinajstić information content (AvgIpc) is 2.90. The SMILES string of the molecule is CCc1[nH]c(C(=O)OCC(=O)c2ccc3c(c2)OCCCO3)c(C)c1C(=O)OC. The Bertz CT molecular complexity index is 945. The number of ketones is 1. The summed E-state index contributed by atoms with van der Waals surface area (Å²) in [5.74, 6) is -0.536. The monoisotopic (exact) mass is 401 g/mol. The molecule has 0 aliphatic carbocycles. The third kappa shape index (κ3) is 4.26. The number of hydrogen-bond donors (Lipinski definition) is 1. The number of aromatic amines is 1. The summed E-state index contributed by atoms with van der Waals surface area (Å²) in [6.45, 7) is 4.10. The summed E-state index contributed by atoms with van der Waals surface area (Å²) in [6.07, 6.45) is 1.27. The molecule has 0 bridgehead atoms. The molecule has 2 aromatic rings. The van der Waals surface area contributed by atoms with E-state index in [-0.39, 0.29) is 11.5 Å². The Labute approximate surface area is 168 Å². The summed E-state index contributed by atoms with van der Waals surface area (Å²) < 4.78 is 21.1. The van der Waals surface area contributed by atoms with E-state index in [2.05, 4.69) is 4.98 Å². The number of nitrogens with one attached hydrogen (secondary N) is 1. The second kappa shape index (κ2) is 8.81. The molecule has 8 heteroatoms. The summed E-state index contributed by atoms with van der Waals surface area (Å²) in [5, 5.41) is 0. The van der Waals surface area contributed by atoms with Crippen molar-refractivity contribution < 1.29 is 33.3 Å². The number of benzene rings is 1. The molecule has 0 unspecified atom stereocenters. The van der Waals surface area contributed by atoms with E-state index in [0.29, 0.717) is 53.5 Å². The van der Waals surface area contributed by atoms with E-state index in [1.54, 1.807) is 25.1 Å². The van der Waals surface area contributed by atoms with Crippen molar-refractivity contribution in [2.24, 2.45) is 0 Å². The Kier molecular flexibility index (Phi) is 6.21. The van der Waals surface area contributed by atoms with Crippen molar-refractivity contribution in [3.05, 3.63) is 46.3 Å². The molecule has 0 spiro atoms. The molecular weight excluding hydrogens is 378 g/mol. The fraction of sp³-hybridized carbons (Fsp3) is 0.381. The van der Waals surface area contributed by atoms with Crippen LogP contribution in [0.2, 0.25) is 0 Å². The summed E-state index contributed by atoms with van der Waals surface area (Å²) >= 11 is 0. The Hall–Kier alpha value is -3.29. The fourth-order valence-corrected chi connectivity index (χ4v) is 3.13. The van der Waals surface area contributed by atoms with Gasteiger partial charge in [-0.1, -0.05) is 6.92 Å². The van der Waals surface area contributed by atoms with E-state index in [9.17, 15) is 14.4 Å². The molecule has 0 saturated carbocycles. The third-order valence-electron chi connectivity index (χ3n) is 4.68. The number of carbonyl (C=O) groups excluding carboxylic acids is 3. The van der Waals surface area contributed by atoms with Gasteiger partial charge in [-0.05, 0) is 37.1 Å². The molecule has 0 fully saturated rings. The van der Waals surface area contributed by atoms with Crippen LogP contribution in [0, 0.1) is 6.92 Å². The maximum atomic E-state index is 12.5. The zero-order chi connectivity index (χ0) is 21.0. The van der Waals surface area contributed by atoms with Crippen molar-refractivity contribution in [1.82, 2.24) is 4.98 Å². The van der Waals surface area contributed by atoms with Crippen molar-refractivity contribution in [2.75, 3.05) is 26.9 Å². The second-order valence-electron chi connectivity index (χ2n) is 6.53. The molecule has 3 rings (SSSR count). The average molecular weight is 401 g/mol. The van der Waals surface area contributed by atoms with Crippen LogP contribution in [0.15, 0.2) is 18.2 Å². The van der Waals surface area contributed by atoms with Crippen molar-refractivity contribution in [3.8, 4) is 11.5 Å². The number of esters is 2. The molecule has 154 valence electrons. The molecule has 2 heterocycles. The minimum absolute atomic E-state index is 0.133. The van der Waals surface area contributed by atoms with Crippen LogP contribution in [0.1, 0.15) is 55.8 Å². The quantitative estimate of drug-likeness (QED) is 0.586. The van der Waals surface area contributed by atoms with Gasteiger partial charge in [-0.25, -0.2) is 9.59 Å². The highest BCUT2D eigenvalue weighted by atomic mass is 16.5. The molecule has 29 heavy (non-hydrogen) atoms. The lowest BCUT2D eigenvalue weighted by atomic mass is 10.1. The Morgan fingerprint density at radius 2 is 1.83 bits per heavy atom. The number of ether oxygens (including phenoxy) is 4. The molecule has 1 aromatic carbocycles. The van der Waals surface area contributed by atoms with Gasteiger partial charge < -0.3 is 23.9 Å². The summed E-state index contributed by atoms with van der Waals surface area (Å²) in [6, 6.07) is 4.86. The van der Waals surface area contributed by atoms with E-state index in [0.717, 1.165) is 6.42 Å². The molecule has 0 saturated heterocycles. The van der Waals surface area contributed by atoms with E-state index < -0.39 is 18.5 Å². The van der Waals surface area contributed by atoms with Gasteiger partial charge in [0, 0.05) is 17.7 Å². The van der Waals surface area contributed by atoms with E-state index >= 15 is 0 Å². The lowest BCUT2D eigenvalue weighted by Gasteiger charge is -2.09. The van der Waals surface area contributed by atoms with Gasteiger partial charge in [0.1, 0.15) is 5.69 Å². The van der Waals surface area contributed by atoms with Gasteiger partial charge in [0.15, 0.2) is 23.9 Å². The highest BCUT2D eigenvalue weighted by molar-refractivity contribution is 6.01.